The molecule has 2 rings (SSSR count). The van der Waals surface area contributed by atoms with Gasteiger partial charge in [-0.15, -0.1) is 0 Å². The number of halogens is 1. The third-order valence-electron chi connectivity index (χ3n) is 2.84. The fourth-order valence-electron chi connectivity index (χ4n) is 1.92. The standard InChI is InChI=1S/C12H17BrN6/c1-8(2)19-11(16-7-17-19)6-10(18-14)12-9(13)4-3-5-15-12/h3-5,7-8,10,18H,6,14H2,1-2H3. The highest BCUT2D eigenvalue weighted by molar-refractivity contribution is 9.10. The second-order valence-corrected chi connectivity index (χ2v) is 5.36. The number of rotatable bonds is 5. The maximum Gasteiger partial charge on any atom is 0.138 e. The van der Waals surface area contributed by atoms with Gasteiger partial charge in [0.25, 0.3) is 0 Å². The first-order valence-electron chi connectivity index (χ1n) is 6.08. The Kier molecular flexibility index (Phi) is 4.62. The van der Waals surface area contributed by atoms with Crippen molar-refractivity contribution in [3.8, 4) is 0 Å². The molecular weight excluding hydrogens is 308 g/mol. The average molecular weight is 325 g/mol. The second-order valence-electron chi connectivity index (χ2n) is 4.51. The number of aromatic nitrogens is 4. The Labute approximate surface area is 120 Å². The van der Waals surface area contributed by atoms with Crippen molar-refractivity contribution >= 4 is 15.9 Å². The van der Waals surface area contributed by atoms with Crippen LogP contribution in [-0.2, 0) is 6.42 Å². The van der Waals surface area contributed by atoms with E-state index >= 15 is 0 Å². The van der Waals surface area contributed by atoms with E-state index in [1.54, 1.807) is 12.5 Å². The molecule has 0 aliphatic heterocycles. The average Bonchev–Trinajstić information content (AvgIpc) is 2.85. The van der Waals surface area contributed by atoms with Crippen molar-refractivity contribution in [2.75, 3.05) is 0 Å². The SMILES string of the molecule is CC(C)n1ncnc1CC(NN)c1ncccc1Br. The molecule has 0 radical (unpaired) electrons. The van der Waals surface area contributed by atoms with Crippen molar-refractivity contribution in [3.05, 3.63) is 40.6 Å². The third kappa shape index (κ3) is 3.17. The molecule has 0 aliphatic rings. The smallest absolute Gasteiger partial charge is 0.138 e. The zero-order valence-corrected chi connectivity index (χ0v) is 12.5. The predicted octanol–water partition coefficient (Wildman–Crippen LogP) is 1.76. The molecule has 2 aromatic heterocycles. The summed E-state index contributed by atoms with van der Waals surface area (Å²) in [6, 6.07) is 3.97. The zero-order valence-electron chi connectivity index (χ0n) is 10.9. The Hall–Kier alpha value is -1.31. The van der Waals surface area contributed by atoms with Crippen molar-refractivity contribution in [2.24, 2.45) is 5.84 Å². The van der Waals surface area contributed by atoms with Crippen LogP contribution in [0, 0.1) is 0 Å². The first-order chi connectivity index (χ1) is 9.13. The maximum absolute atomic E-state index is 5.65. The molecule has 1 unspecified atom stereocenters. The van der Waals surface area contributed by atoms with Gasteiger partial charge in [0.2, 0.25) is 0 Å². The normalized spacial score (nSPS) is 12.9. The molecule has 7 heteroatoms. The summed E-state index contributed by atoms with van der Waals surface area (Å²) >= 11 is 3.49. The number of nitrogens with zero attached hydrogens (tertiary/aromatic N) is 4. The summed E-state index contributed by atoms with van der Waals surface area (Å²) in [5, 5.41) is 4.22. The molecule has 0 aromatic carbocycles. The van der Waals surface area contributed by atoms with Crippen LogP contribution in [0.1, 0.15) is 37.4 Å². The molecule has 6 nitrogen and oxygen atoms in total. The largest absolute Gasteiger partial charge is 0.271 e. The summed E-state index contributed by atoms with van der Waals surface area (Å²) < 4.78 is 2.81. The molecule has 0 amide bonds. The van der Waals surface area contributed by atoms with Crippen LogP contribution in [0.5, 0.6) is 0 Å². The maximum atomic E-state index is 5.65. The lowest BCUT2D eigenvalue weighted by Gasteiger charge is -2.17. The van der Waals surface area contributed by atoms with Gasteiger partial charge in [-0.1, -0.05) is 0 Å². The van der Waals surface area contributed by atoms with E-state index in [0.29, 0.717) is 6.42 Å². The first-order valence-corrected chi connectivity index (χ1v) is 6.87. The van der Waals surface area contributed by atoms with Crippen LogP contribution >= 0.6 is 15.9 Å². The van der Waals surface area contributed by atoms with Gasteiger partial charge in [0, 0.05) is 23.1 Å². The van der Waals surface area contributed by atoms with Gasteiger partial charge in [-0.05, 0) is 41.9 Å². The van der Waals surface area contributed by atoms with Crippen LogP contribution < -0.4 is 11.3 Å². The minimum absolute atomic E-state index is 0.114. The van der Waals surface area contributed by atoms with Crippen molar-refractivity contribution in [2.45, 2.75) is 32.4 Å². The lowest BCUT2D eigenvalue weighted by Crippen LogP contribution is -2.31. The molecule has 19 heavy (non-hydrogen) atoms. The van der Waals surface area contributed by atoms with E-state index in [0.717, 1.165) is 16.0 Å². The number of hydrogen-bond acceptors (Lipinski definition) is 5. The lowest BCUT2D eigenvalue weighted by molar-refractivity contribution is 0.463. The molecule has 0 spiro atoms. The highest BCUT2D eigenvalue weighted by Gasteiger charge is 2.18. The summed E-state index contributed by atoms with van der Waals surface area (Å²) in [7, 11) is 0. The molecule has 2 heterocycles. The van der Waals surface area contributed by atoms with Crippen molar-refractivity contribution < 1.29 is 0 Å². The van der Waals surface area contributed by atoms with Gasteiger partial charge in [0.15, 0.2) is 0 Å². The van der Waals surface area contributed by atoms with E-state index in [1.807, 2.05) is 16.8 Å². The van der Waals surface area contributed by atoms with E-state index in [2.05, 4.69) is 50.3 Å². The fraction of sp³-hybridized carbons (Fsp3) is 0.417. The molecule has 2 aromatic rings. The quantitative estimate of drug-likeness (QED) is 0.647. The Bertz CT molecular complexity index is 539. The Balaban J connectivity index is 2.25. The van der Waals surface area contributed by atoms with Gasteiger partial charge in [-0.3, -0.25) is 16.3 Å². The van der Waals surface area contributed by atoms with Crippen LogP contribution in [0.2, 0.25) is 0 Å². The summed E-state index contributed by atoms with van der Waals surface area (Å²) in [5.41, 5.74) is 3.65. The van der Waals surface area contributed by atoms with Gasteiger partial charge in [0.05, 0.1) is 11.7 Å². The zero-order chi connectivity index (χ0) is 13.8. The minimum Gasteiger partial charge on any atom is -0.271 e. The number of hydrogen-bond donors (Lipinski definition) is 2. The topological polar surface area (TPSA) is 81.7 Å². The van der Waals surface area contributed by atoms with Gasteiger partial charge in [-0.25, -0.2) is 9.67 Å². The highest BCUT2D eigenvalue weighted by Crippen LogP contribution is 2.23. The van der Waals surface area contributed by atoms with Gasteiger partial charge in [0.1, 0.15) is 12.2 Å². The van der Waals surface area contributed by atoms with E-state index < -0.39 is 0 Å². The van der Waals surface area contributed by atoms with E-state index in [9.17, 15) is 0 Å². The molecule has 0 aliphatic carbocycles. The third-order valence-corrected chi connectivity index (χ3v) is 3.51. The molecule has 102 valence electrons. The molecule has 0 bridgehead atoms. The lowest BCUT2D eigenvalue weighted by atomic mass is 10.1. The van der Waals surface area contributed by atoms with Crippen LogP contribution in [0.25, 0.3) is 0 Å². The summed E-state index contributed by atoms with van der Waals surface area (Å²) in [6.45, 7) is 4.14. The van der Waals surface area contributed by atoms with Crippen LogP contribution in [0.15, 0.2) is 29.1 Å². The molecule has 0 saturated carbocycles. The Morgan fingerprint density at radius 1 is 1.42 bits per heavy atom. The van der Waals surface area contributed by atoms with Crippen molar-refractivity contribution in [1.29, 1.82) is 0 Å². The van der Waals surface area contributed by atoms with E-state index in [1.165, 1.54) is 0 Å². The molecule has 1 atom stereocenters. The molecule has 0 saturated heterocycles. The van der Waals surface area contributed by atoms with Crippen molar-refractivity contribution in [1.82, 2.24) is 25.2 Å². The van der Waals surface area contributed by atoms with E-state index in [-0.39, 0.29) is 12.1 Å². The van der Waals surface area contributed by atoms with Crippen molar-refractivity contribution in [3.63, 3.8) is 0 Å². The minimum atomic E-state index is -0.114. The molecule has 0 fully saturated rings. The van der Waals surface area contributed by atoms with Crippen LogP contribution in [-0.4, -0.2) is 19.7 Å². The van der Waals surface area contributed by atoms with Gasteiger partial charge >= 0.3 is 0 Å². The summed E-state index contributed by atoms with van der Waals surface area (Å²) in [6.07, 6.45) is 3.94. The number of pyridine rings is 1. The summed E-state index contributed by atoms with van der Waals surface area (Å²) in [5.74, 6) is 6.53. The van der Waals surface area contributed by atoms with Crippen LogP contribution in [0.4, 0.5) is 0 Å². The van der Waals surface area contributed by atoms with Gasteiger partial charge < -0.3 is 0 Å². The monoisotopic (exact) mass is 324 g/mol. The van der Waals surface area contributed by atoms with Crippen LogP contribution in [0.3, 0.4) is 0 Å². The Morgan fingerprint density at radius 3 is 2.84 bits per heavy atom. The van der Waals surface area contributed by atoms with Gasteiger partial charge in [-0.2, -0.15) is 5.10 Å². The highest BCUT2D eigenvalue weighted by atomic mass is 79.9. The number of nitrogens with one attached hydrogen (secondary N) is 1. The predicted molar refractivity (Wildman–Crippen MR) is 76.1 cm³/mol. The Morgan fingerprint density at radius 2 is 2.21 bits per heavy atom. The molecular formula is C12H17BrN6. The fourth-order valence-corrected chi connectivity index (χ4v) is 2.45. The number of hydrazine groups is 1. The van der Waals surface area contributed by atoms with E-state index in [4.69, 9.17) is 5.84 Å². The molecule has 3 N–H and O–H groups in total. The summed E-state index contributed by atoms with van der Waals surface area (Å²) in [4.78, 5) is 8.65. The first kappa shape index (κ1) is 14.1. The number of nitrogens with two attached hydrogens (primary N) is 1. The second kappa shape index (κ2) is 6.23.